The van der Waals surface area contributed by atoms with E-state index in [4.69, 9.17) is 0 Å². The quantitative estimate of drug-likeness (QED) is 0.798. The zero-order chi connectivity index (χ0) is 17.2. The zero-order valence-electron chi connectivity index (χ0n) is 13.4. The minimum atomic E-state index is -1.67. The highest BCUT2D eigenvalue weighted by molar-refractivity contribution is 5.82. The highest BCUT2D eigenvalue weighted by Gasteiger charge is 2.54. The van der Waals surface area contributed by atoms with Crippen molar-refractivity contribution in [1.29, 1.82) is 0 Å². The Morgan fingerprint density at radius 3 is 1.54 bits per heavy atom. The van der Waals surface area contributed by atoms with Crippen molar-refractivity contribution in [2.75, 3.05) is 0 Å². The molecule has 0 saturated heterocycles. The Balaban J connectivity index is 1.87. The van der Waals surface area contributed by atoms with Crippen LogP contribution in [0.4, 0.5) is 0 Å². The second-order valence-electron chi connectivity index (χ2n) is 6.83. The van der Waals surface area contributed by atoms with E-state index in [-0.39, 0.29) is 31.5 Å². The van der Waals surface area contributed by atoms with Crippen molar-refractivity contribution >= 4 is 5.78 Å². The van der Waals surface area contributed by atoms with Crippen LogP contribution in [0.1, 0.15) is 24.0 Å². The molecule has 24 heavy (non-hydrogen) atoms. The number of aliphatic hydroxyl groups excluding tert-OH is 1. The molecule has 1 saturated carbocycles. The van der Waals surface area contributed by atoms with Crippen LogP contribution in [0.2, 0.25) is 0 Å². The number of hydrogen-bond donors (Lipinski definition) is 3. The van der Waals surface area contributed by atoms with Gasteiger partial charge in [0.25, 0.3) is 0 Å². The molecule has 2 unspecified atom stereocenters. The lowest BCUT2D eigenvalue weighted by molar-refractivity contribution is -0.198. The van der Waals surface area contributed by atoms with Crippen molar-refractivity contribution in [2.45, 2.75) is 43.0 Å². The first kappa shape index (κ1) is 16.8. The summed E-state index contributed by atoms with van der Waals surface area (Å²) in [6, 6.07) is 18.4. The molecule has 0 aromatic heterocycles. The van der Waals surface area contributed by atoms with Gasteiger partial charge < -0.3 is 15.3 Å². The summed E-state index contributed by atoms with van der Waals surface area (Å²) in [5.74, 6) is -0.239. The van der Waals surface area contributed by atoms with Crippen LogP contribution in [0.25, 0.3) is 0 Å². The van der Waals surface area contributed by atoms with E-state index in [1.165, 1.54) is 0 Å². The number of rotatable bonds is 4. The van der Waals surface area contributed by atoms with Crippen LogP contribution in [-0.2, 0) is 17.6 Å². The number of carbonyl (C=O) groups is 1. The van der Waals surface area contributed by atoms with Crippen LogP contribution in [0, 0.1) is 0 Å². The normalized spacial score (nSPS) is 30.3. The van der Waals surface area contributed by atoms with Gasteiger partial charge in [0, 0.05) is 25.7 Å². The van der Waals surface area contributed by atoms with Crippen molar-refractivity contribution in [2.24, 2.45) is 0 Å². The fraction of sp³-hybridized carbons (Fsp3) is 0.350. The van der Waals surface area contributed by atoms with E-state index < -0.39 is 17.3 Å². The van der Waals surface area contributed by atoms with Crippen LogP contribution in [0.3, 0.4) is 0 Å². The molecular weight excluding hydrogens is 304 g/mol. The molecule has 2 aromatic carbocycles. The maximum Gasteiger partial charge on any atom is 0.138 e. The van der Waals surface area contributed by atoms with Gasteiger partial charge in [0.2, 0.25) is 0 Å². The molecule has 2 aromatic rings. The minimum absolute atomic E-state index is 0.123. The predicted molar refractivity (Wildman–Crippen MR) is 90.4 cm³/mol. The van der Waals surface area contributed by atoms with Gasteiger partial charge in [-0.3, -0.25) is 4.79 Å². The highest BCUT2D eigenvalue weighted by Crippen LogP contribution is 2.38. The fourth-order valence-corrected chi connectivity index (χ4v) is 3.66. The standard InChI is InChI=1S/C20H22O4/c21-17-13-19(23,11-15-7-3-1-4-8-15)18(22)20(24,14-17)12-16-9-5-2-6-10-16/h1-10,18,22-24H,11-14H2. The number of carbonyl (C=O) groups excluding carboxylic acids is 1. The maximum atomic E-state index is 12.2. The molecule has 1 fully saturated rings. The number of benzene rings is 2. The van der Waals surface area contributed by atoms with Crippen molar-refractivity contribution in [3.8, 4) is 0 Å². The Labute approximate surface area is 141 Å². The molecule has 1 aliphatic carbocycles. The van der Waals surface area contributed by atoms with E-state index >= 15 is 0 Å². The number of ketones is 1. The summed E-state index contributed by atoms with van der Waals surface area (Å²) < 4.78 is 0. The van der Waals surface area contributed by atoms with Gasteiger partial charge in [-0.05, 0) is 11.1 Å². The largest absolute Gasteiger partial charge is 0.387 e. The molecule has 3 rings (SSSR count). The van der Waals surface area contributed by atoms with Gasteiger partial charge in [0.05, 0.1) is 0 Å². The van der Waals surface area contributed by atoms with Gasteiger partial charge in [-0.1, -0.05) is 60.7 Å². The van der Waals surface area contributed by atoms with E-state index in [2.05, 4.69) is 0 Å². The Hall–Kier alpha value is -2.01. The van der Waals surface area contributed by atoms with Crippen molar-refractivity contribution in [1.82, 2.24) is 0 Å². The van der Waals surface area contributed by atoms with E-state index in [0.29, 0.717) is 0 Å². The molecule has 0 amide bonds. The van der Waals surface area contributed by atoms with Crippen LogP contribution >= 0.6 is 0 Å². The van der Waals surface area contributed by atoms with E-state index in [1.54, 1.807) is 0 Å². The number of hydrogen-bond acceptors (Lipinski definition) is 4. The summed E-state index contributed by atoms with van der Waals surface area (Å²) in [5, 5.41) is 32.6. The fourth-order valence-electron chi connectivity index (χ4n) is 3.66. The molecule has 126 valence electrons. The van der Waals surface area contributed by atoms with Gasteiger partial charge in [0.15, 0.2) is 0 Å². The summed E-state index contributed by atoms with van der Waals surface area (Å²) >= 11 is 0. The molecule has 1 aliphatic rings. The molecule has 4 nitrogen and oxygen atoms in total. The van der Waals surface area contributed by atoms with Gasteiger partial charge >= 0.3 is 0 Å². The Morgan fingerprint density at radius 1 is 0.792 bits per heavy atom. The Bertz CT molecular complexity index is 641. The highest BCUT2D eigenvalue weighted by atomic mass is 16.4. The Morgan fingerprint density at radius 2 is 1.17 bits per heavy atom. The van der Waals surface area contributed by atoms with Gasteiger partial charge in [-0.25, -0.2) is 0 Å². The zero-order valence-corrected chi connectivity index (χ0v) is 13.4. The summed E-state index contributed by atoms with van der Waals surface area (Å²) in [6.07, 6.45) is -1.46. The molecule has 0 radical (unpaired) electrons. The minimum Gasteiger partial charge on any atom is -0.387 e. The maximum absolute atomic E-state index is 12.2. The summed E-state index contributed by atoms with van der Waals surface area (Å²) in [6.45, 7) is 0. The van der Waals surface area contributed by atoms with E-state index in [0.717, 1.165) is 11.1 Å². The average Bonchev–Trinajstić information content (AvgIpc) is 2.54. The van der Waals surface area contributed by atoms with Crippen molar-refractivity contribution in [3.63, 3.8) is 0 Å². The lowest BCUT2D eigenvalue weighted by Crippen LogP contribution is -2.63. The number of aliphatic hydroxyl groups is 3. The Kier molecular flexibility index (Phi) is 4.54. The first-order chi connectivity index (χ1) is 11.4. The lowest BCUT2D eigenvalue weighted by Gasteiger charge is -2.46. The summed E-state index contributed by atoms with van der Waals surface area (Å²) in [5.41, 5.74) is -1.70. The molecule has 2 atom stereocenters. The van der Waals surface area contributed by atoms with E-state index in [9.17, 15) is 20.1 Å². The van der Waals surface area contributed by atoms with Crippen LogP contribution in [0.15, 0.2) is 60.7 Å². The SMILES string of the molecule is O=C1CC(O)(Cc2ccccc2)C(O)C(O)(Cc2ccccc2)C1. The van der Waals surface area contributed by atoms with Crippen LogP contribution in [0.5, 0.6) is 0 Å². The third-order valence-corrected chi connectivity index (χ3v) is 4.73. The van der Waals surface area contributed by atoms with Crippen LogP contribution in [-0.4, -0.2) is 38.4 Å². The number of Topliss-reactive ketones (excluding diaryl/α,β-unsaturated/α-hetero) is 1. The first-order valence-corrected chi connectivity index (χ1v) is 8.14. The molecule has 4 heteroatoms. The second kappa shape index (κ2) is 6.48. The van der Waals surface area contributed by atoms with E-state index in [1.807, 2.05) is 60.7 Å². The molecule has 0 bridgehead atoms. The monoisotopic (exact) mass is 326 g/mol. The second-order valence-corrected chi connectivity index (χ2v) is 6.83. The lowest BCUT2D eigenvalue weighted by atomic mass is 9.67. The molecule has 3 N–H and O–H groups in total. The summed E-state index contributed by atoms with van der Waals surface area (Å²) in [7, 11) is 0. The van der Waals surface area contributed by atoms with Gasteiger partial charge in [0.1, 0.15) is 23.1 Å². The van der Waals surface area contributed by atoms with Crippen molar-refractivity contribution < 1.29 is 20.1 Å². The average molecular weight is 326 g/mol. The van der Waals surface area contributed by atoms with Crippen molar-refractivity contribution in [3.05, 3.63) is 71.8 Å². The smallest absolute Gasteiger partial charge is 0.138 e. The third-order valence-electron chi connectivity index (χ3n) is 4.73. The third kappa shape index (κ3) is 3.41. The molecule has 0 heterocycles. The predicted octanol–water partition coefficient (Wildman–Crippen LogP) is 1.66. The first-order valence-electron chi connectivity index (χ1n) is 8.14. The van der Waals surface area contributed by atoms with Crippen LogP contribution < -0.4 is 0 Å². The molecular formula is C20H22O4. The summed E-state index contributed by atoms with van der Waals surface area (Å²) in [4.78, 5) is 12.2. The van der Waals surface area contributed by atoms with Gasteiger partial charge in [-0.15, -0.1) is 0 Å². The van der Waals surface area contributed by atoms with Gasteiger partial charge in [-0.2, -0.15) is 0 Å². The molecule has 0 aliphatic heterocycles. The molecule has 0 spiro atoms. The topological polar surface area (TPSA) is 77.8 Å².